The average Bonchev–Trinajstić information content (AvgIpc) is 3.37. The number of carbonyl (C=O) groups excluding carboxylic acids is 2. The van der Waals surface area contributed by atoms with Gasteiger partial charge in [-0.05, 0) is 99.5 Å². The number of nitrogens with zero attached hydrogens (tertiary/aromatic N) is 1. The maximum atomic E-state index is 13.7. The maximum Gasteiger partial charge on any atom is 0.253 e. The minimum Gasteiger partial charge on any atom is -0.467 e. The summed E-state index contributed by atoms with van der Waals surface area (Å²) in [5, 5.41) is 6.30. The van der Waals surface area contributed by atoms with Crippen molar-refractivity contribution in [3.05, 3.63) is 47.9 Å². The summed E-state index contributed by atoms with van der Waals surface area (Å²) in [6.45, 7) is 6.26. The first-order valence-corrected chi connectivity index (χ1v) is 14.0. The summed E-state index contributed by atoms with van der Waals surface area (Å²) in [6, 6.07) is 9.70. The molecule has 0 spiro atoms. The van der Waals surface area contributed by atoms with Crippen molar-refractivity contribution in [3.8, 4) is 0 Å². The molecule has 0 radical (unpaired) electrons. The molecule has 4 bridgehead atoms. The van der Waals surface area contributed by atoms with Crippen molar-refractivity contribution in [2.24, 2.45) is 23.2 Å². The molecular formula is C30H41N3O3. The molecule has 4 fully saturated rings. The van der Waals surface area contributed by atoms with Gasteiger partial charge in [0.25, 0.3) is 5.91 Å². The molecule has 1 aromatic carbocycles. The molecule has 0 saturated heterocycles. The molecule has 4 aliphatic rings. The van der Waals surface area contributed by atoms with E-state index in [2.05, 4.69) is 22.5 Å². The standard InChI is InChI=1S/C30H41N3O3/c1-3-5-11-33(20-25-7-6-12-36-25)27-9-8-24(16-26(27)28(34)31-10-4-2)32-29(35)30-17-21-13-22(18-30)15-23(14-21)19-30/h6-9,12,16,21-23H,3-5,10-11,13-15,17-20H2,1-2H3,(H,31,34)(H,32,35). The molecule has 4 aliphatic carbocycles. The zero-order valence-corrected chi connectivity index (χ0v) is 21.9. The molecule has 36 heavy (non-hydrogen) atoms. The van der Waals surface area contributed by atoms with Gasteiger partial charge in [0.15, 0.2) is 0 Å². The molecule has 1 aromatic heterocycles. The van der Waals surface area contributed by atoms with Crippen LogP contribution in [0.15, 0.2) is 41.0 Å². The van der Waals surface area contributed by atoms with Crippen LogP contribution >= 0.6 is 0 Å². The van der Waals surface area contributed by atoms with Gasteiger partial charge in [0, 0.05) is 18.8 Å². The van der Waals surface area contributed by atoms with E-state index in [1.165, 1.54) is 19.3 Å². The third-order valence-corrected chi connectivity index (χ3v) is 8.60. The molecule has 2 N–H and O–H groups in total. The summed E-state index contributed by atoms with van der Waals surface area (Å²) in [5.74, 6) is 3.08. The summed E-state index contributed by atoms with van der Waals surface area (Å²) in [7, 11) is 0. The highest BCUT2D eigenvalue weighted by molar-refractivity contribution is 6.02. The largest absolute Gasteiger partial charge is 0.467 e. The van der Waals surface area contributed by atoms with Crippen molar-refractivity contribution < 1.29 is 14.0 Å². The highest BCUT2D eigenvalue weighted by Crippen LogP contribution is 2.60. The molecule has 6 heteroatoms. The van der Waals surface area contributed by atoms with E-state index in [0.717, 1.165) is 62.2 Å². The molecule has 1 heterocycles. The average molecular weight is 492 g/mol. The molecule has 6 rings (SSSR count). The Hall–Kier alpha value is -2.76. The lowest BCUT2D eigenvalue weighted by Gasteiger charge is -2.55. The smallest absolute Gasteiger partial charge is 0.253 e. The van der Waals surface area contributed by atoms with Crippen LogP contribution in [0.2, 0.25) is 0 Å². The van der Waals surface area contributed by atoms with Gasteiger partial charge < -0.3 is 20.0 Å². The summed E-state index contributed by atoms with van der Waals surface area (Å²) in [4.78, 5) is 29.2. The van der Waals surface area contributed by atoms with Gasteiger partial charge in [-0.2, -0.15) is 0 Å². The number of furan rings is 1. The monoisotopic (exact) mass is 491 g/mol. The number of rotatable bonds is 11. The molecule has 6 nitrogen and oxygen atoms in total. The van der Waals surface area contributed by atoms with Crippen LogP contribution in [0.3, 0.4) is 0 Å². The Kier molecular flexibility index (Phi) is 7.40. The van der Waals surface area contributed by atoms with E-state index in [-0.39, 0.29) is 17.2 Å². The highest BCUT2D eigenvalue weighted by atomic mass is 16.3. The molecule has 4 saturated carbocycles. The van der Waals surface area contributed by atoms with E-state index in [0.29, 0.717) is 36.4 Å². The molecule has 2 amide bonds. The summed E-state index contributed by atoms with van der Waals surface area (Å²) in [5.41, 5.74) is 1.98. The quantitative estimate of drug-likeness (QED) is 0.382. The molecule has 0 unspecified atom stereocenters. The predicted molar refractivity (Wildman–Crippen MR) is 143 cm³/mol. The predicted octanol–water partition coefficient (Wildman–Crippen LogP) is 6.38. The fraction of sp³-hybridized carbons (Fsp3) is 0.600. The lowest BCUT2D eigenvalue weighted by atomic mass is 9.49. The minimum atomic E-state index is -0.218. The van der Waals surface area contributed by atoms with E-state index in [1.54, 1.807) is 6.26 Å². The number of carbonyl (C=O) groups is 2. The Bertz CT molecular complexity index is 1030. The molecule has 2 aromatic rings. The van der Waals surface area contributed by atoms with Crippen molar-refractivity contribution in [2.75, 3.05) is 23.3 Å². The highest BCUT2D eigenvalue weighted by Gasteiger charge is 2.54. The Morgan fingerprint density at radius 2 is 1.75 bits per heavy atom. The van der Waals surface area contributed by atoms with Gasteiger partial charge in [-0.15, -0.1) is 0 Å². The number of anilines is 2. The van der Waals surface area contributed by atoms with Crippen LogP contribution < -0.4 is 15.5 Å². The van der Waals surface area contributed by atoms with Gasteiger partial charge in [0.2, 0.25) is 5.91 Å². The van der Waals surface area contributed by atoms with E-state index < -0.39 is 0 Å². The van der Waals surface area contributed by atoms with Crippen LogP contribution in [0, 0.1) is 23.2 Å². The number of benzene rings is 1. The lowest BCUT2D eigenvalue weighted by molar-refractivity contribution is -0.140. The molecular weight excluding hydrogens is 450 g/mol. The zero-order chi connectivity index (χ0) is 25.1. The molecule has 194 valence electrons. The summed E-state index contributed by atoms with van der Waals surface area (Å²) >= 11 is 0. The van der Waals surface area contributed by atoms with E-state index >= 15 is 0 Å². The van der Waals surface area contributed by atoms with Crippen LogP contribution in [0.25, 0.3) is 0 Å². The maximum absolute atomic E-state index is 13.7. The second-order valence-electron chi connectivity index (χ2n) is 11.5. The van der Waals surface area contributed by atoms with Crippen molar-refractivity contribution >= 4 is 23.2 Å². The number of amides is 2. The van der Waals surface area contributed by atoms with Crippen LogP contribution in [0.4, 0.5) is 11.4 Å². The van der Waals surface area contributed by atoms with Crippen LogP contribution in [0.5, 0.6) is 0 Å². The normalized spacial score (nSPS) is 26.1. The topological polar surface area (TPSA) is 74.6 Å². The second kappa shape index (κ2) is 10.7. The summed E-state index contributed by atoms with van der Waals surface area (Å²) < 4.78 is 5.62. The Balaban J connectivity index is 1.40. The summed E-state index contributed by atoms with van der Waals surface area (Å²) in [6.07, 6.45) is 11.7. The van der Waals surface area contributed by atoms with E-state index in [1.807, 2.05) is 37.3 Å². The van der Waals surface area contributed by atoms with Crippen molar-refractivity contribution in [1.82, 2.24) is 5.32 Å². The van der Waals surface area contributed by atoms with Crippen molar-refractivity contribution in [1.29, 1.82) is 0 Å². The van der Waals surface area contributed by atoms with Gasteiger partial charge in [-0.1, -0.05) is 20.3 Å². The first-order valence-electron chi connectivity index (χ1n) is 14.0. The van der Waals surface area contributed by atoms with Crippen molar-refractivity contribution in [2.45, 2.75) is 78.2 Å². The van der Waals surface area contributed by atoms with Gasteiger partial charge >= 0.3 is 0 Å². The lowest BCUT2D eigenvalue weighted by Crippen LogP contribution is -2.51. The first kappa shape index (κ1) is 24.9. The third kappa shape index (κ3) is 5.18. The number of hydrogen-bond donors (Lipinski definition) is 2. The fourth-order valence-electron chi connectivity index (χ4n) is 7.28. The first-order chi connectivity index (χ1) is 17.5. The van der Waals surface area contributed by atoms with Crippen LogP contribution in [0.1, 0.15) is 87.8 Å². The van der Waals surface area contributed by atoms with Crippen molar-refractivity contribution in [3.63, 3.8) is 0 Å². The SMILES string of the molecule is CCCCN(Cc1ccco1)c1ccc(NC(=O)C23CC4CC(CC(C4)C2)C3)cc1C(=O)NCCC. The zero-order valence-electron chi connectivity index (χ0n) is 21.9. The van der Waals surface area contributed by atoms with E-state index in [9.17, 15) is 9.59 Å². The Labute approximate surface area is 215 Å². The van der Waals surface area contributed by atoms with Crippen LogP contribution in [-0.4, -0.2) is 24.9 Å². The Morgan fingerprint density at radius 3 is 2.36 bits per heavy atom. The van der Waals surface area contributed by atoms with Gasteiger partial charge in [-0.25, -0.2) is 0 Å². The van der Waals surface area contributed by atoms with Gasteiger partial charge in [0.1, 0.15) is 5.76 Å². The van der Waals surface area contributed by atoms with Gasteiger partial charge in [-0.3, -0.25) is 9.59 Å². The fourth-order valence-corrected chi connectivity index (χ4v) is 7.28. The molecule has 0 atom stereocenters. The van der Waals surface area contributed by atoms with E-state index in [4.69, 9.17) is 4.42 Å². The number of hydrogen-bond acceptors (Lipinski definition) is 4. The minimum absolute atomic E-state index is 0.0984. The Morgan fingerprint density at radius 1 is 1.03 bits per heavy atom. The second-order valence-corrected chi connectivity index (χ2v) is 11.5. The number of nitrogens with one attached hydrogen (secondary N) is 2. The van der Waals surface area contributed by atoms with Gasteiger partial charge in [0.05, 0.1) is 29.5 Å². The third-order valence-electron chi connectivity index (χ3n) is 8.60. The molecule has 0 aliphatic heterocycles. The van der Waals surface area contributed by atoms with Crippen LogP contribution in [-0.2, 0) is 11.3 Å². The number of unbranched alkanes of at least 4 members (excludes halogenated alkanes) is 1.